The Labute approximate surface area is 166 Å². The number of para-hydroxylation sites is 1. The first kappa shape index (κ1) is 20.7. The van der Waals surface area contributed by atoms with Crippen molar-refractivity contribution in [2.75, 3.05) is 25.2 Å². The zero-order valence-corrected chi connectivity index (χ0v) is 17.6. The number of thioether (sulfide) groups is 1. The summed E-state index contributed by atoms with van der Waals surface area (Å²) in [7, 11) is -0.773. The predicted molar refractivity (Wildman–Crippen MR) is 110 cm³/mol. The van der Waals surface area contributed by atoms with Crippen LogP contribution < -0.4 is 5.32 Å². The molecule has 0 saturated heterocycles. The van der Waals surface area contributed by atoms with Gasteiger partial charge in [0.15, 0.2) is 0 Å². The van der Waals surface area contributed by atoms with E-state index in [2.05, 4.69) is 27.8 Å². The summed E-state index contributed by atoms with van der Waals surface area (Å²) >= 11 is 4.80. The molecule has 0 fully saturated rings. The fourth-order valence-electron chi connectivity index (χ4n) is 2.08. The molecule has 0 spiro atoms. The monoisotopic (exact) mass is 454 g/mol. The van der Waals surface area contributed by atoms with Crippen molar-refractivity contribution in [3.8, 4) is 0 Å². The number of hydrogen-bond donors (Lipinski definition) is 1. The lowest BCUT2D eigenvalue weighted by molar-refractivity contribution is 0.102. The van der Waals surface area contributed by atoms with E-state index in [-0.39, 0.29) is 16.4 Å². The second-order valence-corrected chi connectivity index (χ2v) is 9.52. The van der Waals surface area contributed by atoms with E-state index in [0.29, 0.717) is 10.2 Å². The molecule has 0 aliphatic carbocycles. The van der Waals surface area contributed by atoms with Gasteiger partial charge in [0.2, 0.25) is 10.0 Å². The lowest BCUT2D eigenvalue weighted by atomic mass is 10.2. The molecule has 0 aromatic heterocycles. The first-order valence-corrected chi connectivity index (χ1v) is 10.9. The highest BCUT2D eigenvalue weighted by atomic mass is 79.9. The van der Waals surface area contributed by atoms with Crippen molar-refractivity contribution in [2.45, 2.75) is 9.79 Å². The van der Waals surface area contributed by atoms with Crippen LogP contribution in [0.4, 0.5) is 5.69 Å². The Balaban J connectivity index is 2.33. The van der Waals surface area contributed by atoms with E-state index >= 15 is 0 Å². The average molecular weight is 455 g/mol. The van der Waals surface area contributed by atoms with Crippen LogP contribution in [0.1, 0.15) is 10.4 Å². The quantitative estimate of drug-likeness (QED) is 0.501. The fourth-order valence-corrected chi connectivity index (χ4v) is 4.67. The van der Waals surface area contributed by atoms with E-state index < -0.39 is 10.0 Å². The second-order valence-electron chi connectivity index (χ2n) is 5.48. The lowest BCUT2D eigenvalue weighted by Gasteiger charge is -2.14. The molecule has 2 rings (SSSR count). The smallest absolute Gasteiger partial charge is 0.255 e. The zero-order chi connectivity index (χ0) is 19.3. The molecule has 0 unspecified atom stereocenters. The number of carbonyl (C=O) groups excluding carboxylic acids is 1. The Kier molecular flexibility index (Phi) is 7.05. The van der Waals surface area contributed by atoms with Crippen LogP contribution in [0.15, 0.2) is 69.4 Å². The molecule has 2 aromatic carbocycles. The van der Waals surface area contributed by atoms with Gasteiger partial charge >= 0.3 is 0 Å². The van der Waals surface area contributed by atoms with E-state index in [9.17, 15) is 13.2 Å². The molecule has 1 amide bonds. The number of carbonyl (C=O) groups is 1. The molecule has 8 heteroatoms. The number of nitrogens with one attached hydrogen (secondary N) is 1. The van der Waals surface area contributed by atoms with Crippen LogP contribution >= 0.6 is 27.7 Å². The Hall–Kier alpha value is -1.61. The fraction of sp³-hybridized carbons (Fsp3) is 0.167. The molecule has 0 radical (unpaired) electrons. The first-order chi connectivity index (χ1) is 12.3. The molecule has 5 nitrogen and oxygen atoms in total. The number of benzene rings is 2. The maximum atomic E-state index is 12.6. The van der Waals surface area contributed by atoms with Gasteiger partial charge in [-0.25, -0.2) is 12.7 Å². The molecule has 0 bridgehead atoms. The van der Waals surface area contributed by atoms with Crippen LogP contribution in [0.5, 0.6) is 0 Å². The van der Waals surface area contributed by atoms with Gasteiger partial charge in [0.1, 0.15) is 0 Å². The molecule has 138 valence electrons. The minimum atomic E-state index is -3.67. The van der Waals surface area contributed by atoms with Gasteiger partial charge < -0.3 is 5.32 Å². The predicted octanol–water partition coefficient (Wildman–Crippen LogP) is 4.23. The minimum Gasteiger partial charge on any atom is -0.321 e. The van der Waals surface area contributed by atoms with Gasteiger partial charge in [-0.2, -0.15) is 0 Å². The molecule has 1 N–H and O–H groups in total. The summed E-state index contributed by atoms with van der Waals surface area (Å²) < 4.78 is 26.3. The molecule has 0 saturated carbocycles. The third-order valence-corrected chi connectivity index (χ3v) is 7.32. The van der Waals surface area contributed by atoms with Crippen molar-refractivity contribution >= 4 is 49.3 Å². The van der Waals surface area contributed by atoms with Gasteiger partial charge in [-0.3, -0.25) is 4.79 Å². The summed E-state index contributed by atoms with van der Waals surface area (Å²) in [6, 6.07) is 11.9. The normalized spacial score (nSPS) is 11.4. The highest BCUT2D eigenvalue weighted by molar-refractivity contribution is 9.10. The maximum absolute atomic E-state index is 12.6. The molecule has 0 aliphatic heterocycles. The van der Waals surface area contributed by atoms with Crippen molar-refractivity contribution in [1.82, 2.24) is 4.31 Å². The number of rotatable bonds is 7. The van der Waals surface area contributed by atoms with Crippen LogP contribution in [0.2, 0.25) is 0 Å². The summed E-state index contributed by atoms with van der Waals surface area (Å²) in [5.41, 5.74) is 0.932. The highest BCUT2D eigenvalue weighted by Crippen LogP contribution is 2.29. The Bertz CT molecular complexity index is 928. The summed E-state index contributed by atoms with van der Waals surface area (Å²) in [5.74, 6) is 0.343. The number of halogens is 1. The standard InChI is InChI=1S/C18H19BrN2O3S2/c1-4-11-25-16-8-6-5-7-15(16)20-18(22)13-9-10-14(19)17(12-13)26(23,24)21(2)3/h4-10,12H,1,11H2,2-3H3,(H,20,22). The van der Waals surface area contributed by atoms with Crippen molar-refractivity contribution in [3.63, 3.8) is 0 Å². The van der Waals surface area contributed by atoms with Crippen LogP contribution in [-0.4, -0.2) is 38.5 Å². The van der Waals surface area contributed by atoms with E-state index in [1.165, 1.54) is 20.2 Å². The van der Waals surface area contributed by atoms with E-state index in [1.54, 1.807) is 36.0 Å². The third-order valence-electron chi connectivity index (χ3n) is 3.44. The van der Waals surface area contributed by atoms with Crippen molar-refractivity contribution < 1.29 is 13.2 Å². The van der Waals surface area contributed by atoms with Crippen molar-refractivity contribution in [3.05, 3.63) is 65.2 Å². The van der Waals surface area contributed by atoms with Crippen LogP contribution in [0.3, 0.4) is 0 Å². The SMILES string of the molecule is C=CCSc1ccccc1NC(=O)c1ccc(Br)c(S(=O)(=O)N(C)C)c1. The Morgan fingerprint density at radius 3 is 2.62 bits per heavy atom. The second kappa shape index (κ2) is 8.85. The Morgan fingerprint density at radius 1 is 1.27 bits per heavy atom. The molecule has 26 heavy (non-hydrogen) atoms. The van der Waals surface area contributed by atoms with Crippen LogP contribution in [0, 0.1) is 0 Å². The lowest BCUT2D eigenvalue weighted by Crippen LogP contribution is -2.23. The van der Waals surface area contributed by atoms with Gasteiger partial charge in [0.25, 0.3) is 5.91 Å². The minimum absolute atomic E-state index is 0.0458. The van der Waals surface area contributed by atoms with Gasteiger partial charge in [-0.05, 0) is 46.3 Å². The topological polar surface area (TPSA) is 66.5 Å². The maximum Gasteiger partial charge on any atom is 0.255 e. The summed E-state index contributed by atoms with van der Waals surface area (Å²) in [6.07, 6.45) is 1.79. The molecule has 0 aliphatic rings. The number of nitrogens with zero attached hydrogens (tertiary/aromatic N) is 1. The first-order valence-electron chi connectivity index (χ1n) is 7.63. The van der Waals surface area contributed by atoms with Gasteiger partial charge in [0, 0.05) is 34.8 Å². The highest BCUT2D eigenvalue weighted by Gasteiger charge is 2.22. The molecular formula is C18H19BrN2O3S2. The van der Waals surface area contributed by atoms with Gasteiger partial charge in [-0.15, -0.1) is 18.3 Å². The molecule has 2 aromatic rings. The van der Waals surface area contributed by atoms with E-state index in [4.69, 9.17) is 0 Å². The summed E-state index contributed by atoms with van der Waals surface area (Å²) in [5, 5.41) is 2.85. The number of amides is 1. The van der Waals surface area contributed by atoms with Crippen LogP contribution in [-0.2, 0) is 10.0 Å². The van der Waals surface area contributed by atoms with Crippen molar-refractivity contribution in [1.29, 1.82) is 0 Å². The Morgan fingerprint density at radius 2 is 1.96 bits per heavy atom. The number of hydrogen-bond acceptors (Lipinski definition) is 4. The third kappa shape index (κ3) is 4.76. The van der Waals surface area contributed by atoms with Gasteiger partial charge in [0.05, 0.1) is 10.6 Å². The summed E-state index contributed by atoms with van der Waals surface area (Å²) in [4.78, 5) is 13.6. The van der Waals surface area contributed by atoms with Crippen molar-refractivity contribution in [2.24, 2.45) is 0 Å². The largest absolute Gasteiger partial charge is 0.321 e. The zero-order valence-electron chi connectivity index (χ0n) is 14.4. The average Bonchev–Trinajstić information content (AvgIpc) is 2.61. The number of sulfonamides is 1. The van der Waals surface area contributed by atoms with E-state index in [1.807, 2.05) is 18.2 Å². The molecule has 0 heterocycles. The molecular weight excluding hydrogens is 436 g/mol. The number of anilines is 1. The van der Waals surface area contributed by atoms with E-state index in [0.717, 1.165) is 15.0 Å². The van der Waals surface area contributed by atoms with Crippen LogP contribution in [0.25, 0.3) is 0 Å². The molecule has 0 atom stereocenters. The summed E-state index contributed by atoms with van der Waals surface area (Å²) in [6.45, 7) is 3.70. The van der Waals surface area contributed by atoms with Gasteiger partial charge in [-0.1, -0.05) is 18.2 Å².